The van der Waals surface area contributed by atoms with E-state index in [2.05, 4.69) is 5.32 Å². The average Bonchev–Trinajstić information content (AvgIpc) is 2.71. The van der Waals surface area contributed by atoms with E-state index in [1.165, 1.54) is 7.11 Å². The molecule has 7 heteroatoms. The number of hydrogen-bond acceptors (Lipinski definition) is 6. The van der Waals surface area contributed by atoms with E-state index in [-0.39, 0.29) is 24.2 Å². The Kier molecular flexibility index (Phi) is 7.85. The van der Waals surface area contributed by atoms with Gasteiger partial charge in [0.2, 0.25) is 0 Å². The molecule has 27 heavy (non-hydrogen) atoms. The van der Waals surface area contributed by atoms with Crippen LogP contribution in [0.5, 0.6) is 0 Å². The molecule has 0 unspecified atom stereocenters. The first-order chi connectivity index (χ1) is 13.0. The van der Waals surface area contributed by atoms with Crippen molar-refractivity contribution in [3.05, 3.63) is 47.2 Å². The van der Waals surface area contributed by atoms with E-state index in [0.29, 0.717) is 32.3 Å². The van der Waals surface area contributed by atoms with Gasteiger partial charge in [0.1, 0.15) is 12.3 Å². The Labute approximate surface area is 158 Å². The molecule has 0 heterocycles. The smallest absolute Gasteiger partial charge is 0.412 e. The molecule has 2 rings (SSSR count). The Balaban J connectivity index is 1.98. The van der Waals surface area contributed by atoms with Crippen molar-refractivity contribution < 1.29 is 28.6 Å². The molecule has 1 N–H and O–H groups in total. The summed E-state index contributed by atoms with van der Waals surface area (Å²) in [4.78, 5) is 36.0. The SMILES string of the molecule is CCOC(=O)C1CCC(=C(NC(=O)OCc2ccccc2)C(=O)OC)CC1. The highest BCUT2D eigenvalue weighted by molar-refractivity contribution is 5.93. The molecule has 1 saturated carbocycles. The van der Waals surface area contributed by atoms with E-state index in [0.717, 1.165) is 11.1 Å². The van der Waals surface area contributed by atoms with Gasteiger partial charge in [-0.05, 0) is 43.7 Å². The molecule has 1 aliphatic carbocycles. The van der Waals surface area contributed by atoms with E-state index in [4.69, 9.17) is 14.2 Å². The van der Waals surface area contributed by atoms with Gasteiger partial charge in [0.25, 0.3) is 0 Å². The summed E-state index contributed by atoms with van der Waals surface area (Å²) in [5, 5.41) is 2.50. The van der Waals surface area contributed by atoms with Crippen LogP contribution in [-0.4, -0.2) is 31.7 Å². The first-order valence-electron chi connectivity index (χ1n) is 8.99. The lowest BCUT2D eigenvalue weighted by Crippen LogP contribution is -2.31. The molecule has 146 valence electrons. The maximum absolute atomic E-state index is 12.1. The lowest BCUT2D eigenvalue weighted by molar-refractivity contribution is -0.148. The van der Waals surface area contributed by atoms with Crippen LogP contribution in [0, 0.1) is 5.92 Å². The summed E-state index contributed by atoms with van der Waals surface area (Å²) in [5.41, 5.74) is 1.69. The van der Waals surface area contributed by atoms with Crippen LogP contribution in [0.4, 0.5) is 4.79 Å². The maximum Gasteiger partial charge on any atom is 0.412 e. The predicted molar refractivity (Wildman–Crippen MR) is 97.4 cm³/mol. The second-order valence-electron chi connectivity index (χ2n) is 6.18. The molecule has 0 aliphatic heterocycles. The number of esters is 2. The minimum Gasteiger partial charge on any atom is -0.466 e. The highest BCUT2D eigenvalue weighted by atomic mass is 16.6. The van der Waals surface area contributed by atoms with Gasteiger partial charge in [-0.25, -0.2) is 9.59 Å². The van der Waals surface area contributed by atoms with Crippen molar-refractivity contribution in [2.75, 3.05) is 13.7 Å². The summed E-state index contributed by atoms with van der Waals surface area (Å²) in [7, 11) is 1.25. The Morgan fingerprint density at radius 2 is 1.74 bits per heavy atom. The standard InChI is InChI=1S/C20H25NO6/c1-3-26-18(22)16-11-9-15(10-12-16)17(19(23)25-2)21-20(24)27-13-14-7-5-4-6-8-14/h4-8,16H,3,9-13H2,1-2H3,(H,21,24). The molecule has 1 aromatic rings. The van der Waals surface area contributed by atoms with Crippen molar-refractivity contribution in [1.82, 2.24) is 5.32 Å². The summed E-state index contributed by atoms with van der Waals surface area (Å²) in [6.45, 7) is 2.22. The van der Waals surface area contributed by atoms with Crippen LogP contribution in [0.1, 0.15) is 38.2 Å². The number of nitrogens with one attached hydrogen (secondary N) is 1. The fourth-order valence-electron chi connectivity index (χ4n) is 2.96. The molecular weight excluding hydrogens is 350 g/mol. The summed E-state index contributed by atoms with van der Waals surface area (Å²) >= 11 is 0. The lowest BCUT2D eigenvalue weighted by atomic mass is 9.85. The minimum absolute atomic E-state index is 0.0953. The highest BCUT2D eigenvalue weighted by Gasteiger charge is 2.28. The maximum atomic E-state index is 12.1. The molecule has 0 aromatic heterocycles. The van der Waals surface area contributed by atoms with Crippen LogP contribution < -0.4 is 5.32 Å². The first kappa shape index (κ1) is 20.5. The van der Waals surface area contributed by atoms with Gasteiger partial charge in [0.15, 0.2) is 0 Å². The fourth-order valence-corrected chi connectivity index (χ4v) is 2.96. The number of amides is 1. The molecule has 1 amide bonds. The number of methoxy groups -OCH3 is 1. The Bertz CT molecular complexity index is 688. The van der Waals surface area contributed by atoms with E-state index in [1.807, 2.05) is 30.3 Å². The van der Waals surface area contributed by atoms with Crippen molar-refractivity contribution in [3.8, 4) is 0 Å². The van der Waals surface area contributed by atoms with Crippen molar-refractivity contribution in [3.63, 3.8) is 0 Å². The van der Waals surface area contributed by atoms with Crippen LogP contribution in [0.3, 0.4) is 0 Å². The summed E-state index contributed by atoms with van der Waals surface area (Å²) in [5.74, 6) is -1.03. The topological polar surface area (TPSA) is 90.9 Å². The zero-order valence-electron chi connectivity index (χ0n) is 15.7. The molecule has 0 saturated heterocycles. The van der Waals surface area contributed by atoms with Crippen molar-refractivity contribution >= 4 is 18.0 Å². The van der Waals surface area contributed by atoms with Crippen LogP contribution in [0.25, 0.3) is 0 Å². The number of rotatable bonds is 6. The number of carbonyl (C=O) groups excluding carboxylic acids is 3. The third kappa shape index (κ3) is 6.13. The van der Waals surface area contributed by atoms with Crippen molar-refractivity contribution in [1.29, 1.82) is 0 Å². The molecule has 0 radical (unpaired) electrons. The number of carbonyl (C=O) groups is 3. The van der Waals surface area contributed by atoms with Crippen LogP contribution in [-0.2, 0) is 30.4 Å². The Morgan fingerprint density at radius 1 is 1.07 bits per heavy atom. The average molecular weight is 375 g/mol. The molecule has 1 aromatic carbocycles. The van der Waals surface area contributed by atoms with Gasteiger partial charge in [0, 0.05) is 0 Å². The van der Waals surface area contributed by atoms with Crippen LogP contribution >= 0.6 is 0 Å². The third-order valence-electron chi connectivity index (χ3n) is 4.39. The van der Waals surface area contributed by atoms with Gasteiger partial charge in [-0.1, -0.05) is 30.3 Å². The number of hydrogen-bond donors (Lipinski definition) is 1. The zero-order valence-corrected chi connectivity index (χ0v) is 15.7. The van der Waals surface area contributed by atoms with Gasteiger partial charge in [-0.15, -0.1) is 0 Å². The molecule has 0 atom stereocenters. The van der Waals surface area contributed by atoms with Gasteiger partial charge < -0.3 is 14.2 Å². The second kappa shape index (κ2) is 10.4. The van der Waals surface area contributed by atoms with E-state index >= 15 is 0 Å². The normalized spacial score (nSPS) is 16.2. The Hall–Kier alpha value is -2.83. The number of allylic oxidation sites excluding steroid dienone is 1. The lowest BCUT2D eigenvalue weighted by Gasteiger charge is -2.24. The molecular formula is C20H25NO6. The minimum atomic E-state index is -0.723. The quantitative estimate of drug-likeness (QED) is 0.467. The highest BCUT2D eigenvalue weighted by Crippen LogP contribution is 2.31. The Morgan fingerprint density at radius 3 is 2.33 bits per heavy atom. The zero-order chi connectivity index (χ0) is 19.6. The number of ether oxygens (including phenoxy) is 3. The van der Waals surface area contributed by atoms with Crippen LogP contribution in [0.15, 0.2) is 41.6 Å². The first-order valence-corrected chi connectivity index (χ1v) is 8.99. The number of benzene rings is 1. The van der Waals surface area contributed by atoms with Crippen molar-refractivity contribution in [2.24, 2.45) is 5.92 Å². The summed E-state index contributed by atoms with van der Waals surface area (Å²) in [6, 6.07) is 9.24. The molecule has 1 fully saturated rings. The van der Waals surface area contributed by atoms with Gasteiger partial charge >= 0.3 is 18.0 Å². The number of alkyl carbamates (subject to hydrolysis) is 1. The molecule has 0 bridgehead atoms. The van der Waals surface area contributed by atoms with Crippen molar-refractivity contribution in [2.45, 2.75) is 39.2 Å². The molecule has 0 spiro atoms. The fraction of sp³-hybridized carbons (Fsp3) is 0.450. The van der Waals surface area contributed by atoms with E-state index in [9.17, 15) is 14.4 Å². The van der Waals surface area contributed by atoms with E-state index in [1.54, 1.807) is 6.92 Å². The largest absolute Gasteiger partial charge is 0.466 e. The van der Waals surface area contributed by atoms with E-state index < -0.39 is 12.1 Å². The third-order valence-corrected chi connectivity index (χ3v) is 4.39. The summed E-state index contributed by atoms with van der Waals surface area (Å²) in [6.07, 6.45) is 1.42. The molecule has 7 nitrogen and oxygen atoms in total. The van der Waals surface area contributed by atoms with Crippen LogP contribution in [0.2, 0.25) is 0 Å². The summed E-state index contributed by atoms with van der Waals surface area (Å²) < 4.78 is 15.0. The van der Waals surface area contributed by atoms with Gasteiger partial charge in [-0.2, -0.15) is 0 Å². The second-order valence-corrected chi connectivity index (χ2v) is 6.18. The van der Waals surface area contributed by atoms with Gasteiger partial charge in [0.05, 0.1) is 19.6 Å². The monoisotopic (exact) mass is 375 g/mol. The van der Waals surface area contributed by atoms with Gasteiger partial charge in [-0.3, -0.25) is 10.1 Å². The molecule has 1 aliphatic rings. The predicted octanol–water partition coefficient (Wildman–Crippen LogP) is 3.09.